The SMILES string of the molecule is CCOc1cc(/C=N\NC(=O)c2ccccc2OCc2ccccc2Cl)cc(Br)c1O. The molecule has 3 rings (SSSR count). The Balaban J connectivity index is 1.69. The van der Waals surface area contributed by atoms with E-state index in [9.17, 15) is 9.90 Å². The molecular formula is C23H20BrClN2O4. The van der Waals surface area contributed by atoms with Crippen LogP contribution in [0.25, 0.3) is 0 Å². The number of amides is 1. The molecule has 0 saturated heterocycles. The molecule has 0 aliphatic heterocycles. The van der Waals surface area contributed by atoms with E-state index in [0.29, 0.717) is 38.7 Å². The number of phenols is 1. The Bertz CT molecular complexity index is 1100. The van der Waals surface area contributed by atoms with E-state index in [1.165, 1.54) is 6.21 Å². The highest BCUT2D eigenvalue weighted by molar-refractivity contribution is 9.10. The number of hydrogen-bond donors (Lipinski definition) is 2. The van der Waals surface area contributed by atoms with Crippen LogP contribution in [-0.2, 0) is 6.61 Å². The third kappa shape index (κ3) is 5.99. The van der Waals surface area contributed by atoms with Gasteiger partial charge in [0.25, 0.3) is 5.91 Å². The molecule has 0 aromatic heterocycles. The third-order valence-electron chi connectivity index (χ3n) is 4.20. The van der Waals surface area contributed by atoms with E-state index in [-0.39, 0.29) is 12.4 Å². The fourth-order valence-electron chi connectivity index (χ4n) is 2.71. The number of aromatic hydroxyl groups is 1. The summed E-state index contributed by atoms with van der Waals surface area (Å²) in [7, 11) is 0. The first-order chi connectivity index (χ1) is 15.0. The predicted octanol–water partition coefficient (Wildman–Crippen LogP) is 5.55. The van der Waals surface area contributed by atoms with Gasteiger partial charge in [0.2, 0.25) is 0 Å². The second-order valence-corrected chi connectivity index (χ2v) is 7.62. The molecule has 2 N–H and O–H groups in total. The second kappa shape index (κ2) is 10.8. The number of nitrogens with zero attached hydrogens (tertiary/aromatic N) is 1. The van der Waals surface area contributed by atoms with Gasteiger partial charge in [0, 0.05) is 10.6 Å². The highest BCUT2D eigenvalue weighted by Crippen LogP contribution is 2.35. The summed E-state index contributed by atoms with van der Waals surface area (Å²) in [6.07, 6.45) is 1.46. The average Bonchev–Trinajstić information content (AvgIpc) is 2.77. The van der Waals surface area contributed by atoms with Crippen LogP contribution >= 0.6 is 27.5 Å². The van der Waals surface area contributed by atoms with Gasteiger partial charge in [-0.15, -0.1) is 0 Å². The van der Waals surface area contributed by atoms with Gasteiger partial charge in [-0.1, -0.05) is 41.9 Å². The van der Waals surface area contributed by atoms with Crippen molar-refractivity contribution in [3.05, 3.63) is 86.8 Å². The number of benzene rings is 3. The quantitative estimate of drug-likeness (QED) is 0.312. The summed E-state index contributed by atoms with van der Waals surface area (Å²) in [6.45, 7) is 2.46. The molecule has 3 aromatic carbocycles. The molecule has 160 valence electrons. The number of para-hydroxylation sites is 1. The van der Waals surface area contributed by atoms with Crippen LogP contribution in [0.4, 0.5) is 0 Å². The number of phenolic OH excluding ortho intramolecular Hbond substituents is 1. The minimum absolute atomic E-state index is 0.00707. The minimum Gasteiger partial charge on any atom is -0.503 e. The summed E-state index contributed by atoms with van der Waals surface area (Å²) >= 11 is 9.44. The largest absolute Gasteiger partial charge is 0.503 e. The molecule has 0 aliphatic carbocycles. The second-order valence-electron chi connectivity index (χ2n) is 6.36. The summed E-state index contributed by atoms with van der Waals surface area (Å²) in [5.41, 5.74) is 4.29. The zero-order valence-corrected chi connectivity index (χ0v) is 19.0. The lowest BCUT2D eigenvalue weighted by Gasteiger charge is -2.11. The number of carbonyl (C=O) groups is 1. The van der Waals surface area contributed by atoms with Crippen LogP contribution in [-0.4, -0.2) is 23.8 Å². The molecule has 0 aliphatic rings. The van der Waals surface area contributed by atoms with Crippen LogP contribution in [0.2, 0.25) is 5.02 Å². The maximum Gasteiger partial charge on any atom is 0.275 e. The Hall–Kier alpha value is -3.03. The molecule has 8 heteroatoms. The fourth-order valence-corrected chi connectivity index (χ4v) is 3.36. The molecule has 0 atom stereocenters. The highest BCUT2D eigenvalue weighted by atomic mass is 79.9. The molecule has 0 heterocycles. The van der Waals surface area contributed by atoms with Crippen LogP contribution in [0.5, 0.6) is 17.2 Å². The van der Waals surface area contributed by atoms with Gasteiger partial charge >= 0.3 is 0 Å². The molecular weight excluding hydrogens is 484 g/mol. The van der Waals surface area contributed by atoms with Crippen molar-refractivity contribution >= 4 is 39.7 Å². The van der Waals surface area contributed by atoms with Gasteiger partial charge in [-0.25, -0.2) is 5.43 Å². The van der Waals surface area contributed by atoms with Crippen LogP contribution in [0.3, 0.4) is 0 Å². The fraction of sp³-hybridized carbons (Fsp3) is 0.130. The van der Waals surface area contributed by atoms with E-state index in [0.717, 1.165) is 5.56 Å². The number of rotatable bonds is 8. The van der Waals surface area contributed by atoms with Gasteiger partial charge < -0.3 is 14.6 Å². The number of hydrogen-bond acceptors (Lipinski definition) is 5. The van der Waals surface area contributed by atoms with Gasteiger partial charge in [-0.3, -0.25) is 4.79 Å². The van der Waals surface area contributed by atoms with Crippen molar-refractivity contribution in [2.24, 2.45) is 5.10 Å². The summed E-state index contributed by atoms with van der Waals surface area (Å²) in [5.74, 6) is 0.325. The van der Waals surface area contributed by atoms with E-state index in [4.69, 9.17) is 21.1 Å². The average molecular weight is 504 g/mol. The van der Waals surface area contributed by atoms with Crippen LogP contribution in [0, 0.1) is 0 Å². The topological polar surface area (TPSA) is 80.2 Å². The van der Waals surface area contributed by atoms with Crippen LogP contribution in [0.1, 0.15) is 28.4 Å². The molecule has 3 aromatic rings. The molecule has 1 amide bonds. The monoisotopic (exact) mass is 502 g/mol. The maximum absolute atomic E-state index is 12.6. The Kier molecular flexibility index (Phi) is 7.92. The zero-order chi connectivity index (χ0) is 22.2. The number of hydrazone groups is 1. The Morgan fingerprint density at radius 1 is 1.13 bits per heavy atom. The molecule has 0 bridgehead atoms. The standard InChI is InChI=1S/C23H20BrClN2O4/c1-2-30-21-12-15(11-18(24)22(21)28)13-26-27-23(29)17-8-4-6-10-20(17)31-14-16-7-3-5-9-19(16)25/h3-13,28H,2,14H2,1H3,(H,27,29)/b26-13-. The van der Waals surface area contributed by atoms with E-state index < -0.39 is 5.91 Å². The van der Waals surface area contributed by atoms with Crippen molar-refractivity contribution in [2.45, 2.75) is 13.5 Å². The lowest BCUT2D eigenvalue weighted by Crippen LogP contribution is -2.18. The molecule has 0 saturated carbocycles. The lowest BCUT2D eigenvalue weighted by molar-refractivity contribution is 0.0950. The van der Waals surface area contributed by atoms with Crippen molar-refractivity contribution in [3.63, 3.8) is 0 Å². The van der Waals surface area contributed by atoms with Crippen molar-refractivity contribution in [3.8, 4) is 17.2 Å². The maximum atomic E-state index is 12.6. The molecule has 0 fully saturated rings. The Morgan fingerprint density at radius 3 is 2.65 bits per heavy atom. The third-order valence-corrected chi connectivity index (χ3v) is 5.18. The Labute approximate surface area is 193 Å². The number of halogens is 2. The van der Waals surface area contributed by atoms with Gasteiger partial charge in [0.05, 0.1) is 22.9 Å². The van der Waals surface area contributed by atoms with Gasteiger partial charge in [-0.2, -0.15) is 5.10 Å². The summed E-state index contributed by atoms with van der Waals surface area (Å²) in [5, 5.41) is 14.6. The van der Waals surface area contributed by atoms with E-state index in [2.05, 4.69) is 26.5 Å². The predicted molar refractivity (Wildman–Crippen MR) is 124 cm³/mol. The van der Waals surface area contributed by atoms with Gasteiger partial charge in [-0.05, 0) is 58.7 Å². The number of carbonyl (C=O) groups excluding carboxylic acids is 1. The normalized spacial score (nSPS) is 10.8. The van der Waals surface area contributed by atoms with E-state index in [1.807, 2.05) is 25.1 Å². The first kappa shape index (κ1) is 22.7. The molecule has 0 radical (unpaired) electrons. The summed E-state index contributed by atoms with van der Waals surface area (Å²) < 4.78 is 11.7. The molecule has 0 spiro atoms. The van der Waals surface area contributed by atoms with Crippen LogP contribution < -0.4 is 14.9 Å². The first-order valence-electron chi connectivity index (χ1n) is 9.43. The van der Waals surface area contributed by atoms with Crippen LogP contribution in [0.15, 0.2) is 70.2 Å². The van der Waals surface area contributed by atoms with E-state index >= 15 is 0 Å². The van der Waals surface area contributed by atoms with Crippen molar-refractivity contribution in [1.29, 1.82) is 0 Å². The minimum atomic E-state index is -0.422. The van der Waals surface area contributed by atoms with Crippen molar-refractivity contribution in [2.75, 3.05) is 6.61 Å². The van der Waals surface area contributed by atoms with Crippen molar-refractivity contribution < 1.29 is 19.4 Å². The Morgan fingerprint density at radius 2 is 1.87 bits per heavy atom. The number of ether oxygens (including phenoxy) is 2. The molecule has 6 nitrogen and oxygen atoms in total. The van der Waals surface area contributed by atoms with Gasteiger partial charge in [0.1, 0.15) is 12.4 Å². The van der Waals surface area contributed by atoms with Gasteiger partial charge in [0.15, 0.2) is 11.5 Å². The number of nitrogens with one attached hydrogen (secondary N) is 1. The first-order valence-corrected chi connectivity index (χ1v) is 10.6. The highest BCUT2D eigenvalue weighted by Gasteiger charge is 2.13. The molecule has 31 heavy (non-hydrogen) atoms. The van der Waals surface area contributed by atoms with Crippen molar-refractivity contribution in [1.82, 2.24) is 5.43 Å². The zero-order valence-electron chi connectivity index (χ0n) is 16.6. The smallest absolute Gasteiger partial charge is 0.275 e. The lowest BCUT2D eigenvalue weighted by atomic mass is 10.2. The summed E-state index contributed by atoms with van der Waals surface area (Å²) in [6, 6.07) is 17.5. The van der Waals surface area contributed by atoms with E-state index in [1.54, 1.807) is 42.5 Å². The molecule has 0 unspecified atom stereocenters. The summed E-state index contributed by atoms with van der Waals surface area (Å²) in [4.78, 5) is 12.6.